The van der Waals surface area contributed by atoms with Crippen molar-refractivity contribution in [1.82, 2.24) is 15.1 Å². The highest BCUT2D eigenvalue weighted by atomic mass is 16.2. The lowest BCUT2D eigenvalue weighted by molar-refractivity contribution is -0.139. The first-order valence-corrected chi connectivity index (χ1v) is 6.08. The maximum Gasteiger partial charge on any atom is 0.240 e. The van der Waals surface area contributed by atoms with Crippen molar-refractivity contribution in [1.29, 1.82) is 0 Å². The Labute approximate surface area is 102 Å². The molecule has 0 radical (unpaired) electrons. The SMILES string of the molecule is CCN(CC(N)=O)C(=O)C(C)N1CCNCC1. The van der Waals surface area contributed by atoms with Crippen LogP contribution >= 0.6 is 0 Å². The Morgan fingerprint density at radius 2 is 2.00 bits per heavy atom. The van der Waals surface area contributed by atoms with Gasteiger partial charge in [0, 0.05) is 32.7 Å². The normalized spacial score (nSPS) is 18.7. The predicted molar refractivity (Wildman–Crippen MR) is 65.4 cm³/mol. The molecule has 0 aliphatic carbocycles. The summed E-state index contributed by atoms with van der Waals surface area (Å²) in [4.78, 5) is 26.7. The third-order valence-corrected chi connectivity index (χ3v) is 3.10. The van der Waals surface area contributed by atoms with E-state index in [4.69, 9.17) is 5.73 Å². The Bertz CT molecular complexity index is 277. The molecule has 0 saturated carbocycles. The van der Waals surface area contributed by atoms with Crippen LogP contribution in [0, 0.1) is 0 Å². The molecule has 1 rings (SSSR count). The number of rotatable bonds is 5. The summed E-state index contributed by atoms with van der Waals surface area (Å²) in [5, 5.41) is 3.24. The summed E-state index contributed by atoms with van der Waals surface area (Å²) in [6.07, 6.45) is 0. The molecule has 1 unspecified atom stereocenters. The molecule has 1 aliphatic heterocycles. The third-order valence-electron chi connectivity index (χ3n) is 3.10. The van der Waals surface area contributed by atoms with Crippen molar-refractivity contribution < 1.29 is 9.59 Å². The molecule has 0 bridgehead atoms. The summed E-state index contributed by atoms with van der Waals surface area (Å²) in [6, 6.07) is -0.184. The van der Waals surface area contributed by atoms with Crippen LogP contribution in [0.1, 0.15) is 13.8 Å². The molecular formula is C11H22N4O2. The van der Waals surface area contributed by atoms with Crippen molar-refractivity contribution in [3.63, 3.8) is 0 Å². The Hall–Kier alpha value is -1.14. The summed E-state index contributed by atoms with van der Waals surface area (Å²) >= 11 is 0. The minimum atomic E-state index is -0.465. The quantitative estimate of drug-likeness (QED) is 0.622. The number of hydrogen-bond donors (Lipinski definition) is 2. The van der Waals surface area contributed by atoms with Gasteiger partial charge in [-0.1, -0.05) is 0 Å². The summed E-state index contributed by atoms with van der Waals surface area (Å²) in [6.45, 7) is 7.79. The number of nitrogens with one attached hydrogen (secondary N) is 1. The molecule has 1 saturated heterocycles. The molecule has 0 aromatic rings. The highest BCUT2D eigenvalue weighted by molar-refractivity contribution is 5.86. The Kier molecular flexibility index (Phi) is 5.37. The first-order valence-electron chi connectivity index (χ1n) is 6.08. The Morgan fingerprint density at radius 1 is 1.41 bits per heavy atom. The third kappa shape index (κ3) is 3.98. The van der Waals surface area contributed by atoms with E-state index in [2.05, 4.69) is 10.2 Å². The highest BCUT2D eigenvalue weighted by Crippen LogP contribution is 2.05. The molecule has 6 nitrogen and oxygen atoms in total. The van der Waals surface area contributed by atoms with Gasteiger partial charge in [-0.25, -0.2) is 0 Å². The molecule has 98 valence electrons. The van der Waals surface area contributed by atoms with E-state index < -0.39 is 5.91 Å². The first kappa shape index (κ1) is 13.9. The number of likely N-dealkylation sites (N-methyl/N-ethyl adjacent to an activating group) is 1. The molecule has 1 aliphatic rings. The van der Waals surface area contributed by atoms with Crippen molar-refractivity contribution in [2.75, 3.05) is 39.3 Å². The van der Waals surface area contributed by atoms with Crippen LogP contribution in [0.15, 0.2) is 0 Å². The predicted octanol–water partition coefficient (Wildman–Crippen LogP) is -1.39. The van der Waals surface area contributed by atoms with Gasteiger partial charge in [0.05, 0.1) is 12.6 Å². The number of amides is 2. The van der Waals surface area contributed by atoms with E-state index in [0.29, 0.717) is 6.54 Å². The average molecular weight is 242 g/mol. The number of nitrogens with zero attached hydrogens (tertiary/aromatic N) is 2. The van der Waals surface area contributed by atoms with Gasteiger partial charge in [-0.3, -0.25) is 14.5 Å². The summed E-state index contributed by atoms with van der Waals surface area (Å²) in [7, 11) is 0. The molecule has 17 heavy (non-hydrogen) atoms. The fourth-order valence-electron chi connectivity index (χ4n) is 2.02. The van der Waals surface area contributed by atoms with Gasteiger partial charge in [0.25, 0.3) is 0 Å². The molecule has 1 atom stereocenters. The van der Waals surface area contributed by atoms with E-state index >= 15 is 0 Å². The Balaban J connectivity index is 2.56. The van der Waals surface area contributed by atoms with Crippen LogP contribution in [0.2, 0.25) is 0 Å². The van der Waals surface area contributed by atoms with Gasteiger partial charge in [0.15, 0.2) is 0 Å². The molecule has 0 spiro atoms. The number of carbonyl (C=O) groups excluding carboxylic acids is 2. The number of primary amides is 1. The van der Waals surface area contributed by atoms with E-state index in [1.165, 1.54) is 4.90 Å². The van der Waals surface area contributed by atoms with E-state index in [0.717, 1.165) is 26.2 Å². The molecule has 2 amide bonds. The molecule has 0 aromatic heterocycles. The molecule has 1 fully saturated rings. The second-order valence-corrected chi connectivity index (χ2v) is 4.28. The van der Waals surface area contributed by atoms with Crippen LogP contribution in [0.5, 0.6) is 0 Å². The maximum atomic E-state index is 12.2. The van der Waals surface area contributed by atoms with Crippen LogP contribution in [-0.4, -0.2) is 66.9 Å². The Morgan fingerprint density at radius 3 is 2.47 bits per heavy atom. The zero-order valence-corrected chi connectivity index (χ0v) is 10.6. The monoisotopic (exact) mass is 242 g/mol. The van der Waals surface area contributed by atoms with E-state index in [9.17, 15) is 9.59 Å². The lowest BCUT2D eigenvalue weighted by Crippen LogP contribution is -2.54. The van der Waals surface area contributed by atoms with Gasteiger partial charge in [-0.2, -0.15) is 0 Å². The smallest absolute Gasteiger partial charge is 0.240 e. The van der Waals surface area contributed by atoms with Crippen molar-refractivity contribution in [3.8, 4) is 0 Å². The fraction of sp³-hybridized carbons (Fsp3) is 0.818. The van der Waals surface area contributed by atoms with E-state index in [-0.39, 0.29) is 18.5 Å². The molecule has 0 aromatic carbocycles. The van der Waals surface area contributed by atoms with Gasteiger partial charge in [0.1, 0.15) is 0 Å². The maximum absolute atomic E-state index is 12.2. The van der Waals surface area contributed by atoms with Crippen molar-refractivity contribution >= 4 is 11.8 Å². The second kappa shape index (κ2) is 6.56. The molecule has 6 heteroatoms. The zero-order chi connectivity index (χ0) is 12.8. The summed E-state index contributed by atoms with van der Waals surface area (Å²) in [5.74, 6) is -0.485. The van der Waals surface area contributed by atoms with Gasteiger partial charge in [-0.15, -0.1) is 0 Å². The first-order chi connectivity index (χ1) is 8.06. The zero-order valence-electron chi connectivity index (χ0n) is 10.6. The standard InChI is InChI=1S/C11H22N4O2/c1-3-14(8-10(12)16)11(17)9(2)15-6-4-13-5-7-15/h9,13H,3-8H2,1-2H3,(H2,12,16). The van der Waals surface area contributed by atoms with Gasteiger partial charge in [0.2, 0.25) is 11.8 Å². The van der Waals surface area contributed by atoms with E-state index in [1.807, 2.05) is 13.8 Å². The molecular weight excluding hydrogens is 220 g/mol. The lowest BCUT2D eigenvalue weighted by Gasteiger charge is -2.34. The lowest BCUT2D eigenvalue weighted by atomic mass is 10.2. The van der Waals surface area contributed by atoms with Crippen molar-refractivity contribution in [3.05, 3.63) is 0 Å². The van der Waals surface area contributed by atoms with Gasteiger partial charge >= 0.3 is 0 Å². The number of piperazine rings is 1. The molecule has 1 heterocycles. The fourth-order valence-corrected chi connectivity index (χ4v) is 2.02. The topological polar surface area (TPSA) is 78.7 Å². The minimum Gasteiger partial charge on any atom is -0.368 e. The van der Waals surface area contributed by atoms with Crippen LogP contribution in [0.4, 0.5) is 0 Å². The van der Waals surface area contributed by atoms with Crippen LogP contribution in [-0.2, 0) is 9.59 Å². The second-order valence-electron chi connectivity index (χ2n) is 4.28. The van der Waals surface area contributed by atoms with E-state index in [1.54, 1.807) is 0 Å². The largest absolute Gasteiger partial charge is 0.368 e. The number of nitrogens with two attached hydrogens (primary N) is 1. The van der Waals surface area contributed by atoms with Crippen LogP contribution < -0.4 is 11.1 Å². The number of hydrogen-bond acceptors (Lipinski definition) is 4. The average Bonchev–Trinajstić information content (AvgIpc) is 2.35. The van der Waals surface area contributed by atoms with Crippen LogP contribution in [0.3, 0.4) is 0 Å². The van der Waals surface area contributed by atoms with Gasteiger partial charge in [-0.05, 0) is 13.8 Å². The van der Waals surface area contributed by atoms with Crippen molar-refractivity contribution in [2.45, 2.75) is 19.9 Å². The minimum absolute atomic E-state index is 0.00572. The summed E-state index contributed by atoms with van der Waals surface area (Å²) < 4.78 is 0. The van der Waals surface area contributed by atoms with Crippen LogP contribution in [0.25, 0.3) is 0 Å². The molecule has 3 N–H and O–H groups in total. The van der Waals surface area contributed by atoms with Gasteiger partial charge < -0.3 is 16.0 Å². The number of carbonyl (C=O) groups is 2. The van der Waals surface area contributed by atoms with Crippen molar-refractivity contribution in [2.24, 2.45) is 5.73 Å². The highest BCUT2D eigenvalue weighted by Gasteiger charge is 2.26. The summed E-state index contributed by atoms with van der Waals surface area (Å²) in [5.41, 5.74) is 5.13.